The molecule has 0 aromatic heterocycles. The lowest BCUT2D eigenvalue weighted by atomic mass is 9.94. The number of halogens is 2. The minimum Gasteiger partial charge on any atom is -0.503 e. The molecule has 0 fully saturated rings. The van der Waals surface area contributed by atoms with Crippen molar-refractivity contribution in [2.75, 3.05) is 7.11 Å². The molecule has 0 heterocycles. The second kappa shape index (κ2) is 3.66. The van der Waals surface area contributed by atoms with E-state index in [4.69, 9.17) is 5.73 Å². The Hall–Kier alpha value is -1.36. The first kappa shape index (κ1) is 11.7. The fraction of sp³-hybridized carbons (Fsp3) is 0.400. The van der Waals surface area contributed by atoms with Gasteiger partial charge in [-0.05, 0) is 19.9 Å². The van der Waals surface area contributed by atoms with Crippen LogP contribution in [0.25, 0.3) is 0 Å². The molecule has 0 aliphatic carbocycles. The topological polar surface area (TPSA) is 55.5 Å². The van der Waals surface area contributed by atoms with Crippen LogP contribution in [0.1, 0.15) is 19.4 Å². The van der Waals surface area contributed by atoms with E-state index < -0.39 is 22.9 Å². The van der Waals surface area contributed by atoms with Gasteiger partial charge in [0.2, 0.25) is 5.82 Å². The molecule has 0 bridgehead atoms. The van der Waals surface area contributed by atoms with Crippen LogP contribution < -0.4 is 10.5 Å². The van der Waals surface area contributed by atoms with E-state index in [-0.39, 0.29) is 11.3 Å². The maximum absolute atomic E-state index is 13.4. The third kappa shape index (κ3) is 2.02. The molecule has 0 unspecified atom stereocenters. The van der Waals surface area contributed by atoms with Gasteiger partial charge in [-0.15, -0.1) is 0 Å². The van der Waals surface area contributed by atoms with E-state index in [0.717, 1.165) is 6.07 Å². The highest BCUT2D eigenvalue weighted by Crippen LogP contribution is 2.35. The molecule has 3 N–H and O–H groups in total. The van der Waals surface area contributed by atoms with Gasteiger partial charge in [0.25, 0.3) is 0 Å². The fourth-order valence-electron chi connectivity index (χ4n) is 1.22. The van der Waals surface area contributed by atoms with Gasteiger partial charge in [-0.3, -0.25) is 0 Å². The molecule has 3 nitrogen and oxygen atoms in total. The van der Waals surface area contributed by atoms with Crippen molar-refractivity contribution in [3.05, 3.63) is 23.3 Å². The lowest BCUT2D eigenvalue weighted by Gasteiger charge is -2.21. The Kier molecular flexibility index (Phi) is 2.86. The van der Waals surface area contributed by atoms with Gasteiger partial charge in [0.1, 0.15) is 0 Å². The van der Waals surface area contributed by atoms with Crippen LogP contribution in [0.3, 0.4) is 0 Å². The first-order valence-electron chi connectivity index (χ1n) is 4.33. The van der Waals surface area contributed by atoms with Gasteiger partial charge in [-0.1, -0.05) is 0 Å². The third-order valence-electron chi connectivity index (χ3n) is 2.06. The molecule has 5 heteroatoms. The van der Waals surface area contributed by atoms with Gasteiger partial charge in [-0.2, -0.15) is 4.39 Å². The SMILES string of the molecule is COc1cc(C(C)(C)N)c(F)c(O)c1F. The standard InChI is InChI=1S/C10H13F2NO2/c1-10(2,13)5-4-6(15-3)8(12)9(14)7(5)11/h4,14H,13H2,1-3H3. The molecule has 0 radical (unpaired) electrons. The normalized spacial score (nSPS) is 11.6. The van der Waals surface area contributed by atoms with Crippen molar-refractivity contribution in [2.24, 2.45) is 5.73 Å². The fourth-order valence-corrected chi connectivity index (χ4v) is 1.22. The molecule has 0 saturated carbocycles. The van der Waals surface area contributed by atoms with Crippen molar-refractivity contribution < 1.29 is 18.6 Å². The highest BCUT2D eigenvalue weighted by atomic mass is 19.1. The Labute approximate surface area is 86.5 Å². The molecule has 1 rings (SSSR count). The molecular weight excluding hydrogens is 204 g/mol. The van der Waals surface area contributed by atoms with Gasteiger partial charge in [-0.25, -0.2) is 4.39 Å². The smallest absolute Gasteiger partial charge is 0.209 e. The number of ether oxygens (including phenoxy) is 1. The summed E-state index contributed by atoms with van der Waals surface area (Å²) in [6, 6.07) is 1.14. The summed E-state index contributed by atoms with van der Waals surface area (Å²) in [5.74, 6) is -3.48. The largest absolute Gasteiger partial charge is 0.503 e. The van der Waals surface area contributed by atoms with Gasteiger partial charge >= 0.3 is 0 Å². The highest BCUT2D eigenvalue weighted by molar-refractivity contribution is 5.43. The van der Waals surface area contributed by atoms with Crippen molar-refractivity contribution in [2.45, 2.75) is 19.4 Å². The zero-order valence-electron chi connectivity index (χ0n) is 8.77. The van der Waals surface area contributed by atoms with Crippen LogP contribution >= 0.6 is 0 Å². The summed E-state index contributed by atoms with van der Waals surface area (Å²) < 4.78 is 31.3. The minimum absolute atomic E-state index is 0.00162. The molecular formula is C10H13F2NO2. The maximum atomic E-state index is 13.4. The summed E-state index contributed by atoms with van der Waals surface area (Å²) in [6.45, 7) is 3.09. The number of aromatic hydroxyl groups is 1. The Morgan fingerprint density at radius 2 is 1.87 bits per heavy atom. The average Bonchev–Trinajstić information content (AvgIpc) is 2.13. The second-order valence-corrected chi connectivity index (χ2v) is 3.82. The van der Waals surface area contributed by atoms with Gasteiger partial charge in [0, 0.05) is 11.1 Å². The first-order valence-corrected chi connectivity index (χ1v) is 4.33. The molecule has 0 aliphatic rings. The molecule has 0 saturated heterocycles. The summed E-state index contributed by atoms with van der Waals surface area (Å²) in [7, 11) is 1.23. The molecule has 0 spiro atoms. The summed E-state index contributed by atoms with van der Waals surface area (Å²) in [4.78, 5) is 0. The van der Waals surface area contributed by atoms with E-state index in [1.165, 1.54) is 7.11 Å². The van der Waals surface area contributed by atoms with Crippen molar-refractivity contribution in [1.82, 2.24) is 0 Å². The van der Waals surface area contributed by atoms with Crippen LogP contribution in [0.2, 0.25) is 0 Å². The maximum Gasteiger partial charge on any atom is 0.209 e. The number of hydrogen-bond acceptors (Lipinski definition) is 3. The molecule has 0 amide bonds. The second-order valence-electron chi connectivity index (χ2n) is 3.82. The predicted octanol–water partition coefficient (Wildman–Crippen LogP) is 1.87. The van der Waals surface area contributed by atoms with E-state index in [1.54, 1.807) is 13.8 Å². The van der Waals surface area contributed by atoms with Crippen molar-refractivity contribution >= 4 is 0 Å². The van der Waals surface area contributed by atoms with Crippen LogP contribution in [0, 0.1) is 11.6 Å². The zero-order chi connectivity index (χ0) is 11.8. The van der Waals surface area contributed by atoms with Gasteiger partial charge in [0.05, 0.1) is 7.11 Å². The number of methoxy groups -OCH3 is 1. The first-order chi connectivity index (χ1) is 6.79. The van der Waals surface area contributed by atoms with Crippen molar-refractivity contribution in [3.8, 4) is 11.5 Å². The van der Waals surface area contributed by atoms with Crippen LogP contribution in [0.5, 0.6) is 11.5 Å². The minimum atomic E-state index is -1.12. The van der Waals surface area contributed by atoms with Crippen LogP contribution in [-0.4, -0.2) is 12.2 Å². The quantitative estimate of drug-likeness (QED) is 0.795. The van der Waals surface area contributed by atoms with Gasteiger partial charge in [0.15, 0.2) is 17.3 Å². The Morgan fingerprint density at radius 3 is 2.27 bits per heavy atom. The molecule has 0 atom stereocenters. The van der Waals surface area contributed by atoms with Crippen LogP contribution in [0.15, 0.2) is 6.07 Å². The van der Waals surface area contributed by atoms with E-state index >= 15 is 0 Å². The van der Waals surface area contributed by atoms with Crippen molar-refractivity contribution in [1.29, 1.82) is 0 Å². The Morgan fingerprint density at radius 1 is 1.33 bits per heavy atom. The summed E-state index contributed by atoms with van der Waals surface area (Å²) in [5, 5.41) is 9.18. The monoisotopic (exact) mass is 217 g/mol. The summed E-state index contributed by atoms with van der Waals surface area (Å²) in [5.41, 5.74) is 4.64. The number of nitrogens with two attached hydrogens (primary N) is 1. The van der Waals surface area contributed by atoms with E-state index in [9.17, 15) is 13.9 Å². The zero-order valence-corrected chi connectivity index (χ0v) is 8.77. The molecule has 1 aromatic rings. The average molecular weight is 217 g/mol. The number of phenolic OH excluding ortho intramolecular Hbond substituents is 1. The number of phenols is 1. The Bertz CT molecular complexity index is 386. The molecule has 0 aliphatic heterocycles. The summed E-state index contributed by atoms with van der Waals surface area (Å²) in [6.07, 6.45) is 0. The number of benzene rings is 1. The summed E-state index contributed by atoms with van der Waals surface area (Å²) >= 11 is 0. The van der Waals surface area contributed by atoms with Crippen molar-refractivity contribution in [3.63, 3.8) is 0 Å². The lowest BCUT2D eigenvalue weighted by Crippen LogP contribution is -2.30. The van der Waals surface area contributed by atoms with Crippen LogP contribution in [0.4, 0.5) is 8.78 Å². The Balaban J connectivity index is 3.49. The number of hydrogen-bond donors (Lipinski definition) is 2. The van der Waals surface area contributed by atoms with E-state index in [2.05, 4.69) is 4.74 Å². The molecule has 1 aromatic carbocycles. The van der Waals surface area contributed by atoms with E-state index in [0.29, 0.717) is 0 Å². The molecule has 15 heavy (non-hydrogen) atoms. The lowest BCUT2D eigenvalue weighted by molar-refractivity contribution is 0.341. The molecule has 84 valence electrons. The highest BCUT2D eigenvalue weighted by Gasteiger charge is 2.26. The van der Waals surface area contributed by atoms with Crippen LogP contribution in [-0.2, 0) is 5.54 Å². The predicted molar refractivity (Wildman–Crippen MR) is 51.8 cm³/mol. The van der Waals surface area contributed by atoms with Gasteiger partial charge < -0.3 is 15.6 Å². The number of rotatable bonds is 2. The van der Waals surface area contributed by atoms with E-state index in [1.807, 2.05) is 0 Å². The third-order valence-corrected chi connectivity index (χ3v) is 2.06.